The van der Waals surface area contributed by atoms with Gasteiger partial charge in [0.05, 0.1) is 18.7 Å². The van der Waals surface area contributed by atoms with E-state index in [4.69, 9.17) is 11.6 Å². The smallest absolute Gasteiger partial charge is 0.264 e. The number of aryl methyl sites for hydroxylation is 1. The summed E-state index contributed by atoms with van der Waals surface area (Å²) in [6, 6.07) is 19.6. The molecule has 0 aliphatic carbocycles. The highest BCUT2D eigenvalue weighted by atomic mass is 79.9. The maximum absolute atomic E-state index is 13.4. The van der Waals surface area contributed by atoms with Crippen molar-refractivity contribution in [2.45, 2.75) is 25.5 Å². The van der Waals surface area contributed by atoms with E-state index < -0.39 is 11.5 Å². The first-order valence-corrected chi connectivity index (χ1v) is 10.6. The fourth-order valence-corrected chi connectivity index (χ4v) is 4.30. The second-order valence-corrected chi connectivity index (χ2v) is 8.86. The van der Waals surface area contributed by atoms with Crippen molar-refractivity contribution in [1.82, 2.24) is 0 Å². The van der Waals surface area contributed by atoms with E-state index in [9.17, 15) is 14.7 Å². The third kappa shape index (κ3) is 3.81. The fraction of sp³-hybridized carbons (Fsp3) is 0.167. The molecule has 0 bridgehead atoms. The zero-order chi connectivity index (χ0) is 21.5. The lowest BCUT2D eigenvalue weighted by Crippen LogP contribution is -2.41. The Labute approximate surface area is 188 Å². The van der Waals surface area contributed by atoms with Gasteiger partial charge in [-0.05, 0) is 55.0 Å². The highest BCUT2D eigenvalue weighted by Crippen LogP contribution is 2.44. The Morgan fingerprint density at radius 2 is 1.83 bits per heavy atom. The number of benzene rings is 3. The van der Waals surface area contributed by atoms with Crippen LogP contribution in [0.15, 0.2) is 71.2 Å². The number of fused-ring (bicyclic) bond motifs is 1. The number of carbonyl (C=O) groups excluding carboxylic acids is 2. The molecule has 1 atom stereocenters. The molecule has 3 aromatic carbocycles. The molecule has 0 spiro atoms. The summed E-state index contributed by atoms with van der Waals surface area (Å²) in [5, 5.41) is 12.0. The number of hydrogen-bond acceptors (Lipinski definition) is 3. The maximum atomic E-state index is 13.4. The molecule has 0 radical (unpaired) electrons. The van der Waals surface area contributed by atoms with Crippen LogP contribution in [0.5, 0.6) is 0 Å². The van der Waals surface area contributed by atoms with Crippen LogP contribution in [-0.2, 0) is 16.9 Å². The van der Waals surface area contributed by atoms with Gasteiger partial charge in [0.2, 0.25) is 0 Å². The van der Waals surface area contributed by atoms with E-state index in [1.165, 1.54) is 0 Å². The first kappa shape index (κ1) is 20.8. The summed E-state index contributed by atoms with van der Waals surface area (Å²) in [6.45, 7) is 2.30. The lowest BCUT2D eigenvalue weighted by atomic mass is 9.88. The quantitative estimate of drug-likeness (QED) is 0.492. The number of ketones is 1. The Balaban J connectivity index is 1.71. The van der Waals surface area contributed by atoms with E-state index in [0.717, 1.165) is 15.6 Å². The van der Waals surface area contributed by atoms with Crippen LogP contribution in [0.1, 0.15) is 33.5 Å². The standard InChI is InChI=1S/C24H19BrClNO3/c1-15-3-2-4-16(11-15)14-27-21-10-7-18(25)12-20(21)24(30,23(27)29)13-22(28)17-5-8-19(26)9-6-17/h2-12,30H,13-14H2,1H3. The van der Waals surface area contributed by atoms with Gasteiger partial charge in [-0.1, -0.05) is 57.4 Å². The van der Waals surface area contributed by atoms with Crippen molar-refractivity contribution in [3.63, 3.8) is 0 Å². The van der Waals surface area contributed by atoms with E-state index in [-0.39, 0.29) is 12.2 Å². The first-order chi connectivity index (χ1) is 14.3. The SMILES string of the molecule is Cc1cccc(CN2C(=O)C(O)(CC(=O)c3ccc(Cl)cc3)c3cc(Br)ccc32)c1. The number of carbonyl (C=O) groups is 2. The second-order valence-electron chi connectivity index (χ2n) is 7.51. The topological polar surface area (TPSA) is 57.6 Å². The van der Waals surface area contributed by atoms with Crippen LogP contribution >= 0.6 is 27.5 Å². The number of amides is 1. The van der Waals surface area contributed by atoms with Gasteiger partial charge in [0.1, 0.15) is 0 Å². The molecule has 0 aromatic heterocycles. The molecule has 1 N–H and O–H groups in total. The Bertz CT molecular complexity index is 1150. The molecule has 0 fully saturated rings. The second kappa shape index (κ2) is 7.99. The predicted molar refractivity (Wildman–Crippen MR) is 121 cm³/mol. The normalized spacial score (nSPS) is 17.9. The van der Waals surface area contributed by atoms with Crippen molar-refractivity contribution < 1.29 is 14.7 Å². The van der Waals surface area contributed by atoms with Crippen LogP contribution in [0.25, 0.3) is 0 Å². The van der Waals surface area contributed by atoms with Crippen LogP contribution < -0.4 is 4.90 Å². The largest absolute Gasteiger partial charge is 0.375 e. The number of hydrogen-bond donors (Lipinski definition) is 1. The van der Waals surface area contributed by atoms with Crippen molar-refractivity contribution >= 4 is 44.9 Å². The van der Waals surface area contributed by atoms with E-state index in [1.54, 1.807) is 41.3 Å². The van der Waals surface area contributed by atoms with Crippen LogP contribution in [-0.4, -0.2) is 16.8 Å². The van der Waals surface area contributed by atoms with Crippen molar-refractivity contribution in [2.24, 2.45) is 0 Å². The predicted octanol–water partition coefficient (Wildman–Crippen LogP) is 5.42. The summed E-state index contributed by atoms with van der Waals surface area (Å²) >= 11 is 9.31. The molecule has 3 aromatic rings. The molecule has 0 saturated heterocycles. The van der Waals surface area contributed by atoms with Gasteiger partial charge in [0.15, 0.2) is 11.4 Å². The summed E-state index contributed by atoms with van der Waals surface area (Å²) in [4.78, 5) is 27.8. The molecule has 1 amide bonds. The molecule has 1 aliphatic rings. The van der Waals surface area contributed by atoms with Gasteiger partial charge >= 0.3 is 0 Å². The van der Waals surface area contributed by atoms with E-state index in [1.807, 2.05) is 37.3 Å². The fourth-order valence-electron chi connectivity index (χ4n) is 3.81. The molecule has 30 heavy (non-hydrogen) atoms. The number of nitrogens with zero attached hydrogens (tertiary/aromatic N) is 1. The lowest BCUT2D eigenvalue weighted by molar-refractivity contribution is -0.136. The third-order valence-corrected chi connectivity index (χ3v) is 6.04. The molecule has 1 unspecified atom stereocenters. The molecule has 152 valence electrons. The van der Waals surface area contributed by atoms with E-state index in [2.05, 4.69) is 15.9 Å². The molecule has 6 heteroatoms. The zero-order valence-corrected chi connectivity index (χ0v) is 18.6. The van der Waals surface area contributed by atoms with Gasteiger partial charge in [0.25, 0.3) is 5.91 Å². The maximum Gasteiger partial charge on any atom is 0.264 e. The Morgan fingerprint density at radius 1 is 1.10 bits per heavy atom. The average molecular weight is 485 g/mol. The number of aliphatic hydroxyl groups is 1. The average Bonchev–Trinajstić information content (AvgIpc) is 2.90. The summed E-state index contributed by atoms with van der Waals surface area (Å²) in [6.07, 6.45) is -0.346. The number of rotatable bonds is 5. The van der Waals surface area contributed by atoms with Crippen LogP contribution in [0, 0.1) is 6.92 Å². The summed E-state index contributed by atoms with van der Waals surface area (Å²) < 4.78 is 0.726. The molecule has 1 heterocycles. The first-order valence-electron chi connectivity index (χ1n) is 9.46. The van der Waals surface area contributed by atoms with Gasteiger partial charge in [0, 0.05) is 20.6 Å². The summed E-state index contributed by atoms with van der Waals surface area (Å²) in [7, 11) is 0. The van der Waals surface area contributed by atoms with Crippen molar-refractivity contribution in [3.8, 4) is 0 Å². The van der Waals surface area contributed by atoms with Crippen LogP contribution in [0.4, 0.5) is 5.69 Å². The van der Waals surface area contributed by atoms with Gasteiger partial charge < -0.3 is 10.0 Å². The van der Waals surface area contributed by atoms with Crippen molar-refractivity contribution in [2.75, 3.05) is 4.90 Å². The highest BCUT2D eigenvalue weighted by Gasteiger charge is 2.51. The minimum absolute atomic E-state index is 0.312. The van der Waals surface area contributed by atoms with E-state index in [0.29, 0.717) is 28.4 Å². The zero-order valence-electron chi connectivity index (χ0n) is 16.2. The molecule has 1 aliphatic heterocycles. The molecular formula is C24H19BrClNO3. The minimum atomic E-state index is -1.93. The summed E-state index contributed by atoms with van der Waals surface area (Å²) in [5.74, 6) is -0.828. The monoisotopic (exact) mass is 483 g/mol. The van der Waals surface area contributed by atoms with Crippen LogP contribution in [0.2, 0.25) is 5.02 Å². The Morgan fingerprint density at radius 3 is 2.53 bits per heavy atom. The Hall–Kier alpha value is -2.47. The van der Waals surface area contributed by atoms with E-state index >= 15 is 0 Å². The van der Waals surface area contributed by atoms with Crippen molar-refractivity contribution in [1.29, 1.82) is 0 Å². The number of Topliss-reactive ketones (excluding diaryl/α,β-unsaturated/α-hetero) is 1. The molecule has 4 rings (SSSR count). The van der Waals surface area contributed by atoms with Gasteiger partial charge in [-0.15, -0.1) is 0 Å². The number of halogens is 2. The molecular weight excluding hydrogens is 466 g/mol. The summed E-state index contributed by atoms with van der Waals surface area (Å²) in [5.41, 5.74) is 1.54. The van der Waals surface area contributed by atoms with Crippen molar-refractivity contribution in [3.05, 3.63) is 98.5 Å². The highest BCUT2D eigenvalue weighted by molar-refractivity contribution is 9.10. The Kier molecular flexibility index (Phi) is 5.53. The van der Waals surface area contributed by atoms with Gasteiger partial charge in [-0.2, -0.15) is 0 Å². The van der Waals surface area contributed by atoms with Gasteiger partial charge in [-0.25, -0.2) is 0 Å². The van der Waals surface area contributed by atoms with Gasteiger partial charge in [-0.3, -0.25) is 9.59 Å². The minimum Gasteiger partial charge on any atom is -0.375 e. The number of anilines is 1. The molecule has 0 saturated carbocycles. The molecule has 4 nitrogen and oxygen atoms in total. The third-order valence-electron chi connectivity index (χ3n) is 5.30. The lowest BCUT2D eigenvalue weighted by Gasteiger charge is -2.23. The van der Waals surface area contributed by atoms with Crippen LogP contribution in [0.3, 0.4) is 0 Å².